The number of anilines is 2. The molecule has 0 aliphatic carbocycles. The summed E-state index contributed by atoms with van der Waals surface area (Å²) in [6.45, 7) is 2.70. The van der Waals surface area contributed by atoms with Crippen molar-refractivity contribution in [2.75, 3.05) is 45.1 Å². The van der Waals surface area contributed by atoms with Crippen molar-refractivity contribution in [1.82, 2.24) is 14.9 Å². The van der Waals surface area contributed by atoms with Gasteiger partial charge < -0.3 is 24.8 Å². The summed E-state index contributed by atoms with van der Waals surface area (Å²) in [6.07, 6.45) is 3.16. The van der Waals surface area contributed by atoms with Crippen LogP contribution in [-0.2, 0) is 24.1 Å². The minimum atomic E-state index is -0.661. The van der Waals surface area contributed by atoms with E-state index in [1.165, 1.54) is 42.6 Å². The quantitative estimate of drug-likeness (QED) is 0.188. The molecule has 1 aromatic heterocycles. The number of hydrogen-bond acceptors (Lipinski definition) is 9. The Morgan fingerprint density at radius 1 is 0.812 bits per heavy atom. The normalized spacial score (nSPS) is 12.6. The van der Waals surface area contributed by atoms with E-state index in [0.717, 1.165) is 49.5 Å². The van der Waals surface area contributed by atoms with Crippen LogP contribution >= 0.6 is 0 Å². The average Bonchev–Trinajstić information content (AvgIpc) is 3.13. The molecule has 2 amide bonds. The van der Waals surface area contributed by atoms with E-state index in [-0.39, 0.29) is 22.5 Å². The lowest BCUT2D eigenvalue weighted by atomic mass is 9.98. The predicted octanol–water partition coefficient (Wildman–Crippen LogP) is 5.54. The Balaban J connectivity index is 1.09. The second-order valence-electron chi connectivity index (χ2n) is 11.4. The second-order valence-corrected chi connectivity index (χ2v) is 11.4. The van der Waals surface area contributed by atoms with Crippen molar-refractivity contribution in [2.24, 2.45) is 0 Å². The third kappa shape index (κ3) is 7.11. The van der Waals surface area contributed by atoms with Crippen LogP contribution in [0.2, 0.25) is 0 Å². The van der Waals surface area contributed by atoms with Crippen molar-refractivity contribution in [3.05, 3.63) is 119 Å². The maximum Gasteiger partial charge on any atom is 0.339 e. The highest BCUT2D eigenvalue weighted by Crippen LogP contribution is 2.33. The number of benzene rings is 4. The van der Waals surface area contributed by atoms with Gasteiger partial charge in [-0.05, 0) is 84.1 Å². The van der Waals surface area contributed by atoms with Crippen LogP contribution in [0.1, 0.15) is 47.9 Å². The molecule has 244 valence electrons. The van der Waals surface area contributed by atoms with Crippen molar-refractivity contribution >= 4 is 40.2 Å². The average molecular weight is 646 g/mol. The molecule has 5 aromatic rings. The van der Waals surface area contributed by atoms with Gasteiger partial charge in [0.15, 0.2) is 11.5 Å². The summed E-state index contributed by atoms with van der Waals surface area (Å²) in [4.78, 5) is 49.9. The van der Waals surface area contributed by atoms with E-state index >= 15 is 0 Å². The molecule has 0 spiro atoms. The molecule has 11 heteroatoms. The maximum absolute atomic E-state index is 13.2. The first-order valence-corrected chi connectivity index (χ1v) is 15.5. The van der Waals surface area contributed by atoms with Gasteiger partial charge in [0.1, 0.15) is 5.69 Å². The zero-order valence-electron chi connectivity index (χ0n) is 26.9. The summed E-state index contributed by atoms with van der Waals surface area (Å²) < 4.78 is 15.8. The first kappa shape index (κ1) is 32.1. The van der Waals surface area contributed by atoms with Gasteiger partial charge in [-0.2, -0.15) is 0 Å². The smallest absolute Gasteiger partial charge is 0.339 e. The number of nitrogens with zero attached hydrogens (tertiary/aromatic N) is 3. The number of hydrogen-bond donors (Lipinski definition) is 2. The van der Waals surface area contributed by atoms with Gasteiger partial charge in [0, 0.05) is 30.9 Å². The van der Waals surface area contributed by atoms with E-state index in [1.807, 2.05) is 30.3 Å². The number of carbonyl (C=O) groups is 3. The highest BCUT2D eigenvalue weighted by molar-refractivity contribution is 6.10. The molecule has 0 atom stereocenters. The number of esters is 1. The zero-order valence-corrected chi connectivity index (χ0v) is 26.9. The molecular formula is C37H35N5O6. The number of aromatic nitrogens is 2. The second kappa shape index (κ2) is 14.3. The van der Waals surface area contributed by atoms with Gasteiger partial charge in [0.05, 0.1) is 49.8 Å². The van der Waals surface area contributed by atoms with Gasteiger partial charge in [0.25, 0.3) is 11.8 Å². The van der Waals surface area contributed by atoms with Gasteiger partial charge in [-0.15, -0.1) is 0 Å². The van der Waals surface area contributed by atoms with E-state index in [9.17, 15) is 14.4 Å². The van der Waals surface area contributed by atoms with Crippen LogP contribution in [0.15, 0.2) is 85.1 Å². The molecule has 0 saturated heterocycles. The molecule has 0 unspecified atom stereocenters. The Hall–Kier alpha value is -5.81. The van der Waals surface area contributed by atoms with E-state index in [2.05, 4.69) is 37.6 Å². The third-order valence-electron chi connectivity index (χ3n) is 8.34. The van der Waals surface area contributed by atoms with Crippen LogP contribution in [0, 0.1) is 0 Å². The minimum Gasteiger partial charge on any atom is -0.493 e. The van der Waals surface area contributed by atoms with Gasteiger partial charge >= 0.3 is 5.97 Å². The molecule has 48 heavy (non-hydrogen) atoms. The number of carbonyl (C=O) groups excluding carboxylic acids is 3. The molecule has 6 rings (SSSR count). The number of para-hydroxylation sites is 2. The SMILES string of the molecule is COC(=O)c1ccc(C(=O)Nc2ccc(CCN3CCc4cc(OC)c(OC)cc4C3)cc2)cc1NC(=O)c1cnc2ccccc2n1. The molecule has 0 fully saturated rings. The maximum atomic E-state index is 13.2. The molecule has 0 saturated carbocycles. The molecule has 2 N–H and O–H groups in total. The van der Waals surface area contributed by atoms with Crippen LogP contribution in [0.5, 0.6) is 11.5 Å². The van der Waals surface area contributed by atoms with Crippen LogP contribution < -0.4 is 20.1 Å². The monoisotopic (exact) mass is 645 g/mol. The molecule has 1 aliphatic heterocycles. The number of fused-ring (bicyclic) bond motifs is 2. The van der Waals surface area contributed by atoms with Crippen molar-refractivity contribution in [3.8, 4) is 11.5 Å². The lowest BCUT2D eigenvalue weighted by molar-refractivity contribution is 0.0601. The highest BCUT2D eigenvalue weighted by Gasteiger charge is 2.21. The molecule has 0 bridgehead atoms. The molecule has 4 aromatic carbocycles. The minimum absolute atomic E-state index is 0.0606. The summed E-state index contributed by atoms with van der Waals surface area (Å²) in [5.41, 5.74) is 6.01. The Bertz CT molecular complexity index is 2000. The lowest BCUT2D eigenvalue weighted by Crippen LogP contribution is -2.32. The molecular weight excluding hydrogens is 610 g/mol. The zero-order chi connectivity index (χ0) is 33.6. The fraction of sp³-hybridized carbons (Fsp3) is 0.216. The third-order valence-corrected chi connectivity index (χ3v) is 8.34. The summed E-state index contributed by atoms with van der Waals surface area (Å²) >= 11 is 0. The molecule has 11 nitrogen and oxygen atoms in total. The van der Waals surface area contributed by atoms with E-state index in [0.29, 0.717) is 16.7 Å². The van der Waals surface area contributed by atoms with Crippen molar-refractivity contribution in [3.63, 3.8) is 0 Å². The van der Waals surface area contributed by atoms with Crippen molar-refractivity contribution in [2.45, 2.75) is 19.4 Å². The van der Waals surface area contributed by atoms with Gasteiger partial charge in [-0.1, -0.05) is 24.3 Å². The number of methoxy groups -OCH3 is 3. The summed E-state index contributed by atoms with van der Waals surface area (Å²) in [7, 11) is 4.55. The Kier molecular flexibility index (Phi) is 9.58. The van der Waals surface area contributed by atoms with E-state index < -0.39 is 17.8 Å². The first-order valence-electron chi connectivity index (χ1n) is 15.5. The fourth-order valence-corrected chi connectivity index (χ4v) is 5.71. The van der Waals surface area contributed by atoms with Gasteiger partial charge in [-0.3, -0.25) is 19.5 Å². The highest BCUT2D eigenvalue weighted by atomic mass is 16.5. The number of amides is 2. The molecule has 0 radical (unpaired) electrons. The summed E-state index contributed by atoms with van der Waals surface area (Å²) in [6, 6.07) is 23.4. The van der Waals surface area contributed by atoms with Crippen LogP contribution in [0.4, 0.5) is 11.4 Å². The van der Waals surface area contributed by atoms with Crippen molar-refractivity contribution in [1.29, 1.82) is 0 Å². The summed E-state index contributed by atoms with van der Waals surface area (Å²) in [5, 5.41) is 5.59. The molecule has 2 heterocycles. The van der Waals surface area contributed by atoms with Gasteiger partial charge in [0.2, 0.25) is 0 Å². The first-order chi connectivity index (χ1) is 23.3. The number of rotatable bonds is 10. The topological polar surface area (TPSA) is 132 Å². The predicted molar refractivity (Wildman–Crippen MR) is 182 cm³/mol. The Morgan fingerprint density at radius 3 is 2.27 bits per heavy atom. The lowest BCUT2D eigenvalue weighted by Gasteiger charge is -2.29. The van der Waals surface area contributed by atoms with Crippen LogP contribution in [0.3, 0.4) is 0 Å². The van der Waals surface area contributed by atoms with Crippen molar-refractivity contribution < 1.29 is 28.6 Å². The molecule has 1 aliphatic rings. The van der Waals surface area contributed by atoms with E-state index in [4.69, 9.17) is 14.2 Å². The van der Waals surface area contributed by atoms with Gasteiger partial charge in [-0.25, -0.2) is 9.78 Å². The van der Waals surface area contributed by atoms with Crippen LogP contribution in [0.25, 0.3) is 11.0 Å². The number of nitrogens with one attached hydrogen (secondary N) is 2. The standard InChI is InChI=1S/C37H35N5O6/c1-46-33-19-24-15-17-42(22-26(24)20-34(33)47-2)16-14-23-8-11-27(12-9-23)39-35(43)25-10-13-28(37(45)48-3)31(18-25)41-36(44)32-21-38-29-6-4-5-7-30(29)40-32/h4-13,18-21H,14-17,22H2,1-3H3,(H,39,43)(H,41,44). The summed E-state index contributed by atoms with van der Waals surface area (Å²) in [5.74, 6) is -0.146. The van der Waals surface area contributed by atoms with Crippen LogP contribution in [-0.4, -0.2) is 67.1 Å². The fourth-order valence-electron chi connectivity index (χ4n) is 5.71. The Labute approximate surface area is 277 Å². The van der Waals surface area contributed by atoms with E-state index in [1.54, 1.807) is 32.4 Å². The Morgan fingerprint density at radius 2 is 1.54 bits per heavy atom. The number of ether oxygens (including phenoxy) is 3. The largest absolute Gasteiger partial charge is 0.493 e.